The van der Waals surface area contributed by atoms with Gasteiger partial charge in [0.25, 0.3) is 5.91 Å². The molecule has 0 aromatic heterocycles. The minimum absolute atomic E-state index is 0.0586. The fraction of sp³-hybridized carbons (Fsp3) is 0.176. The molecule has 0 heterocycles. The Kier molecular flexibility index (Phi) is 5.19. The van der Waals surface area contributed by atoms with Crippen molar-refractivity contribution in [2.45, 2.75) is 12.5 Å². The number of carboxylic acid groups (broad SMARTS) is 1. The lowest BCUT2D eigenvalue weighted by molar-refractivity contribution is -0.139. The van der Waals surface area contributed by atoms with E-state index in [9.17, 15) is 19.8 Å². The van der Waals surface area contributed by atoms with E-state index < -0.39 is 17.9 Å². The Bertz CT molecular complexity index is 699. The van der Waals surface area contributed by atoms with Gasteiger partial charge in [0.1, 0.15) is 6.04 Å². The number of hydrogen-bond donors (Lipinski definition) is 3. The highest BCUT2D eigenvalue weighted by atomic mass is 16.5. The summed E-state index contributed by atoms with van der Waals surface area (Å²) in [4.78, 5) is 23.5. The van der Waals surface area contributed by atoms with Gasteiger partial charge in [-0.2, -0.15) is 0 Å². The van der Waals surface area contributed by atoms with Gasteiger partial charge in [-0.3, -0.25) is 4.79 Å². The molecule has 120 valence electrons. The second-order valence-corrected chi connectivity index (χ2v) is 4.90. The predicted octanol–water partition coefficient (Wildman–Crippen LogP) is 1.83. The zero-order valence-electron chi connectivity index (χ0n) is 12.5. The molecular formula is C17H17NO5. The molecule has 0 radical (unpaired) electrons. The molecule has 0 aliphatic carbocycles. The van der Waals surface area contributed by atoms with E-state index in [4.69, 9.17) is 4.74 Å². The summed E-state index contributed by atoms with van der Waals surface area (Å²) in [6, 6.07) is 12.0. The molecule has 2 aromatic rings. The van der Waals surface area contributed by atoms with Crippen LogP contribution < -0.4 is 10.1 Å². The van der Waals surface area contributed by atoms with Gasteiger partial charge in [0.05, 0.1) is 7.11 Å². The van der Waals surface area contributed by atoms with Gasteiger partial charge in [-0.15, -0.1) is 0 Å². The number of carboxylic acids is 1. The number of carbonyl (C=O) groups is 2. The summed E-state index contributed by atoms with van der Waals surface area (Å²) >= 11 is 0. The number of nitrogens with one attached hydrogen (secondary N) is 1. The van der Waals surface area contributed by atoms with Crippen LogP contribution in [-0.2, 0) is 11.2 Å². The van der Waals surface area contributed by atoms with E-state index in [2.05, 4.69) is 5.32 Å². The topological polar surface area (TPSA) is 95.9 Å². The number of amides is 1. The lowest BCUT2D eigenvalue weighted by Crippen LogP contribution is -2.42. The second-order valence-electron chi connectivity index (χ2n) is 4.90. The van der Waals surface area contributed by atoms with Gasteiger partial charge in [-0.1, -0.05) is 30.3 Å². The molecule has 0 aliphatic heterocycles. The maximum Gasteiger partial charge on any atom is 0.326 e. The van der Waals surface area contributed by atoms with Crippen molar-refractivity contribution < 1.29 is 24.5 Å². The Balaban J connectivity index is 2.17. The van der Waals surface area contributed by atoms with Crippen molar-refractivity contribution in [3.63, 3.8) is 0 Å². The van der Waals surface area contributed by atoms with E-state index in [1.807, 2.05) is 0 Å². The molecule has 1 atom stereocenters. The highest BCUT2D eigenvalue weighted by molar-refractivity contribution is 5.96. The summed E-state index contributed by atoms with van der Waals surface area (Å²) in [5, 5.41) is 21.8. The van der Waals surface area contributed by atoms with Gasteiger partial charge >= 0.3 is 5.97 Å². The average molecular weight is 315 g/mol. The van der Waals surface area contributed by atoms with Gasteiger partial charge in [0.2, 0.25) is 0 Å². The van der Waals surface area contributed by atoms with Crippen LogP contribution in [-0.4, -0.2) is 35.2 Å². The molecule has 0 aliphatic rings. The Hall–Kier alpha value is -3.02. The molecule has 3 N–H and O–H groups in total. The Labute approximate surface area is 133 Å². The Morgan fingerprint density at radius 1 is 1.13 bits per heavy atom. The third-order valence-corrected chi connectivity index (χ3v) is 3.37. The maximum atomic E-state index is 12.1. The highest BCUT2D eigenvalue weighted by Gasteiger charge is 2.23. The fourth-order valence-corrected chi connectivity index (χ4v) is 2.15. The maximum absolute atomic E-state index is 12.1. The Morgan fingerprint density at radius 3 is 2.43 bits per heavy atom. The molecule has 23 heavy (non-hydrogen) atoms. The molecule has 0 unspecified atom stereocenters. The summed E-state index contributed by atoms with van der Waals surface area (Å²) in [6.45, 7) is 0. The molecule has 2 aromatic carbocycles. The molecule has 0 fully saturated rings. The van der Waals surface area contributed by atoms with Crippen LogP contribution in [0.2, 0.25) is 0 Å². The van der Waals surface area contributed by atoms with Crippen LogP contribution >= 0.6 is 0 Å². The number of para-hydroxylation sites is 1. The van der Waals surface area contributed by atoms with E-state index in [1.54, 1.807) is 48.5 Å². The molecule has 1 amide bonds. The van der Waals surface area contributed by atoms with E-state index in [-0.39, 0.29) is 17.9 Å². The van der Waals surface area contributed by atoms with Crippen LogP contribution in [0.4, 0.5) is 0 Å². The quantitative estimate of drug-likeness (QED) is 0.756. The number of phenolic OH excluding ortho intramolecular Hbond substituents is 1. The van der Waals surface area contributed by atoms with Crippen LogP contribution in [0.5, 0.6) is 11.5 Å². The van der Waals surface area contributed by atoms with Crippen LogP contribution in [0.3, 0.4) is 0 Å². The van der Waals surface area contributed by atoms with Gasteiger partial charge in [0, 0.05) is 17.5 Å². The van der Waals surface area contributed by atoms with Crippen LogP contribution in [0, 0.1) is 0 Å². The van der Waals surface area contributed by atoms with Crippen molar-refractivity contribution in [2.24, 2.45) is 0 Å². The van der Waals surface area contributed by atoms with Crippen molar-refractivity contribution in [3.8, 4) is 11.5 Å². The lowest BCUT2D eigenvalue weighted by Gasteiger charge is -2.16. The first-order valence-electron chi connectivity index (χ1n) is 6.96. The van der Waals surface area contributed by atoms with Gasteiger partial charge in [-0.05, 0) is 18.2 Å². The number of phenols is 1. The zero-order valence-corrected chi connectivity index (χ0v) is 12.5. The van der Waals surface area contributed by atoms with E-state index in [0.29, 0.717) is 11.1 Å². The van der Waals surface area contributed by atoms with Gasteiger partial charge in [-0.25, -0.2) is 4.79 Å². The monoisotopic (exact) mass is 315 g/mol. The molecule has 6 nitrogen and oxygen atoms in total. The minimum Gasteiger partial charge on any atom is -0.504 e. The molecule has 6 heteroatoms. The van der Waals surface area contributed by atoms with Crippen molar-refractivity contribution in [1.29, 1.82) is 0 Å². The standard InChI is InChI=1S/C17H17NO5/c1-23-14-9-5-8-12(15(14)19)10-13(17(21)22)18-16(20)11-6-3-2-4-7-11/h2-9,13,19H,10H2,1H3,(H,18,20)(H,21,22)/t13-/m0/s1. The van der Waals surface area contributed by atoms with Crippen LogP contribution in [0.15, 0.2) is 48.5 Å². The third-order valence-electron chi connectivity index (χ3n) is 3.37. The largest absolute Gasteiger partial charge is 0.504 e. The molecule has 2 rings (SSSR count). The normalized spacial score (nSPS) is 11.5. The van der Waals surface area contributed by atoms with E-state index in [1.165, 1.54) is 7.11 Å². The number of ether oxygens (including phenoxy) is 1. The van der Waals surface area contributed by atoms with Crippen molar-refractivity contribution in [3.05, 3.63) is 59.7 Å². The third kappa shape index (κ3) is 4.00. The molecule has 0 bridgehead atoms. The zero-order chi connectivity index (χ0) is 16.8. The van der Waals surface area contributed by atoms with E-state index >= 15 is 0 Å². The molecular weight excluding hydrogens is 298 g/mol. The number of benzene rings is 2. The highest BCUT2D eigenvalue weighted by Crippen LogP contribution is 2.30. The number of aliphatic carboxylic acids is 1. The SMILES string of the molecule is COc1cccc(C[C@H](NC(=O)c2ccccc2)C(=O)O)c1O. The molecule has 0 saturated heterocycles. The first-order valence-corrected chi connectivity index (χ1v) is 6.96. The van der Waals surface area contributed by atoms with Crippen molar-refractivity contribution >= 4 is 11.9 Å². The smallest absolute Gasteiger partial charge is 0.326 e. The van der Waals surface area contributed by atoms with Gasteiger partial charge < -0.3 is 20.3 Å². The van der Waals surface area contributed by atoms with E-state index in [0.717, 1.165) is 0 Å². The molecule has 0 spiro atoms. The average Bonchev–Trinajstić information content (AvgIpc) is 2.56. The number of hydrogen-bond acceptors (Lipinski definition) is 4. The number of aromatic hydroxyl groups is 1. The number of methoxy groups -OCH3 is 1. The van der Waals surface area contributed by atoms with Crippen LogP contribution in [0.1, 0.15) is 15.9 Å². The van der Waals surface area contributed by atoms with Crippen molar-refractivity contribution in [2.75, 3.05) is 7.11 Å². The summed E-state index contributed by atoms with van der Waals surface area (Å²) < 4.78 is 4.99. The second kappa shape index (κ2) is 7.31. The van der Waals surface area contributed by atoms with Crippen LogP contribution in [0.25, 0.3) is 0 Å². The summed E-state index contributed by atoms with van der Waals surface area (Å²) in [5.41, 5.74) is 0.749. The Morgan fingerprint density at radius 2 is 1.83 bits per heavy atom. The summed E-state index contributed by atoms with van der Waals surface area (Å²) in [7, 11) is 1.41. The fourth-order valence-electron chi connectivity index (χ4n) is 2.15. The first-order chi connectivity index (χ1) is 11.0. The van der Waals surface area contributed by atoms with Crippen molar-refractivity contribution in [1.82, 2.24) is 5.32 Å². The summed E-state index contributed by atoms with van der Waals surface area (Å²) in [6.07, 6.45) is -0.0586. The number of rotatable bonds is 6. The minimum atomic E-state index is -1.18. The first kappa shape index (κ1) is 16.4. The lowest BCUT2D eigenvalue weighted by atomic mass is 10.0. The van der Waals surface area contributed by atoms with Gasteiger partial charge in [0.15, 0.2) is 11.5 Å². The molecule has 0 saturated carbocycles. The number of carbonyl (C=O) groups excluding carboxylic acids is 1. The summed E-state index contributed by atoms with van der Waals surface area (Å²) in [5.74, 6) is -1.55. The predicted molar refractivity (Wildman–Crippen MR) is 83.7 cm³/mol.